The summed E-state index contributed by atoms with van der Waals surface area (Å²) in [7, 11) is 1.81. The van der Waals surface area contributed by atoms with Crippen LogP contribution in [0.5, 0.6) is 0 Å². The quantitative estimate of drug-likeness (QED) is 0.865. The first-order valence-electron chi connectivity index (χ1n) is 4.16. The zero-order valence-electron chi connectivity index (χ0n) is 7.85. The average Bonchev–Trinajstić information content (AvgIpc) is 2.86. The SMILES string of the molecule is CNc1nc(-c2cc(C(=O)O)cs2)cs1. The fraction of sp³-hybridized carbons (Fsp3) is 0.111. The average molecular weight is 240 g/mol. The lowest BCUT2D eigenvalue weighted by Crippen LogP contribution is -1.91. The molecule has 0 aliphatic carbocycles. The zero-order valence-corrected chi connectivity index (χ0v) is 9.48. The van der Waals surface area contributed by atoms with E-state index in [0.29, 0.717) is 5.56 Å². The Morgan fingerprint density at radius 3 is 2.80 bits per heavy atom. The minimum absolute atomic E-state index is 0.314. The van der Waals surface area contributed by atoms with Gasteiger partial charge in [0, 0.05) is 17.8 Å². The molecule has 0 fully saturated rings. The van der Waals surface area contributed by atoms with E-state index in [1.54, 1.807) is 18.5 Å². The summed E-state index contributed by atoms with van der Waals surface area (Å²) in [6.07, 6.45) is 0. The molecule has 0 aromatic carbocycles. The van der Waals surface area contributed by atoms with Gasteiger partial charge in [-0.2, -0.15) is 0 Å². The largest absolute Gasteiger partial charge is 0.478 e. The van der Waals surface area contributed by atoms with Crippen LogP contribution in [0, 0.1) is 0 Å². The number of hydrogen-bond donors (Lipinski definition) is 2. The van der Waals surface area contributed by atoms with Gasteiger partial charge in [0.2, 0.25) is 0 Å². The van der Waals surface area contributed by atoms with Crippen molar-refractivity contribution < 1.29 is 9.90 Å². The third-order valence-corrected chi connectivity index (χ3v) is 3.63. The minimum Gasteiger partial charge on any atom is -0.478 e. The number of hydrogen-bond acceptors (Lipinski definition) is 5. The Hall–Kier alpha value is -1.40. The third kappa shape index (κ3) is 2.00. The molecule has 0 saturated carbocycles. The van der Waals surface area contributed by atoms with Gasteiger partial charge in [0.1, 0.15) is 0 Å². The van der Waals surface area contributed by atoms with Crippen LogP contribution in [-0.4, -0.2) is 23.1 Å². The smallest absolute Gasteiger partial charge is 0.336 e. The lowest BCUT2D eigenvalue weighted by Gasteiger charge is -1.89. The van der Waals surface area contributed by atoms with Gasteiger partial charge in [-0.05, 0) is 6.07 Å². The van der Waals surface area contributed by atoms with Gasteiger partial charge in [0.15, 0.2) is 5.13 Å². The first-order valence-corrected chi connectivity index (χ1v) is 5.92. The van der Waals surface area contributed by atoms with E-state index in [2.05, 4.69) is 10.3 Å². The van der Waals surface area contributed by atoms with Crippen molar-refractivity contribution >= 4 is 33.8 Å². The van der Waals surface area contributed by atoms with Gasteiger partial charge < -0.3 is 10.4 Å². The molecule has 0 amide bonds. The molecule has 2 aromatic heterocycles. The fourth-order valence-electron chi connectivity index (χ4n) is 1.08. The van der Waals surface area contributed by atoms with Crippen LogP contribution < -0.4 is 5.32 Å². The molecule has 0 radical (unpaired) electrons. The number of aromatic carboxylic acids is 1. The van der Waals surface area contributed by atoms with Crippen molar-refractivity contribution in [2.45, 2.75) is 0 Å². The maximum atomic E-state index is 10.7. The van der Waals surface area contributed by atoms with E-state index in [0.717, 1.165) is 15.7 Å². The lowest BCUT2D eigenvalue weighted by atomic mass is 10.3. The molecule has 2 rings (SSSR count). The van der Waals surface area contributed by atoms with Gasteiger partial charge in [0.05, 0.1) is 16.1 Å². The number of thiophene rings is 1. The third-order valence-electron chi connectivity index (χ3n) is 1.82. The standard InChI is InChI=1S/C9H8N2O2S2/c1-10-9-11-6(4-15-9)7-2-5(3-14-7)8(12)13/h2-4H,1H3,(H,10,11)(H,12,13). The molecule has 0 bridgehead atoms. The van der Waals surface area contributed by atoms with Crippen molar-refractivity contribution in [2.75, 3.05) is 12.4 Å². The van der Waals surface area contributed by atoms with E-state index in [-0.39, 0.29) is 0 Å². The van der Waals surface area contributed by atoms with E-state index in [9.17, 15) is 4.79 Å². The predicted molar refractivity (Wildman–Crippen MR) is 61.9 cm³/mol. The zero-order chi connectivity index (χ0) is 10.8. The number of thiazole rings is 1. The van der Waals surface area contributed by atoms with Crippen LogP contribution in [-0.2, 0) is 0 Å². The van der Waals surface area contributed by atoms with Gasteiger partial charge in [0.25, 0.3) is 0 Å². The molecule has 6 heteroatoms. The molecule has 0 aliphatic heterocycles. The number of anilines is 1. The summed E-state index contributed by atoms with van der Waals surface area (Å²) in [5.41, 5.74) is 1.14. The van der Waals surface area contributed by atoms with E-state index in [4.69, 9.17) is 5.11 Å². The Morgan fingerprint density at radius 2 is 2.27 bits per heavy atom. The molecule has 0 unspecified atom stereocenters. The molecule has 78 valence electrons. The molecule has 2 heterocycles. The number of carboxylic acid groups (broad SMARTS) is 1. The Labute approximate surface area is 94.2 Å². The highest BCUT2D eigenvalue weighted by Crippen LogP contribution is 2.29. The van der Waals surface area contributed by atoms with Crippen LogP contribution in [0.1, 0.15) is 10.4 Å². The molecule has 2 N–H and O–H groups in total. The Bertz CT molecular complexity index is 490. The highest BCUT2D eigenvalue weighted by molar-refractivity contribution is 7.16. The van der Waals surface area contributed by atoms with Crippen LogP contribution in [0.15, 0.2) is 16.8 Å². The van der Waals surface area contributed by atoms with E-state index >= 15 is 0 Å². The molecule has 0 spiro atoms. The molecule has 0 atom stereocenters. The summed E-state index contributed by atoms with van der Waals surface area (Å²) < 4.78 is 0. The summed E-state index contributed by atoms with van der Waals surface area (Å²) in [5.74, 6) is -0.901. The summed E-state index contributed by atoms with van der Waals surface area (Å²) in [4.78, 5) is 15.9. The number of nitrogens with one attached hydrogen (secondary N) is 1. The second kappa shape index (κ2) is 4.00. The normalized spacial score (nSPS) is 10.2. The van der Waals surface area contributed by atoms with E-state index in [1.165, 1.54) is 22.7 Å². The monoisotopic (exact) mass is 240 g/mol. The lowest BCUT2D eigenvalue weighted by molar-refractivity contribution is 0.0697. The van der Waals surface area contributed by atoms with Gasteiger partial charge in [-0.1, -0.05) is 0 Å². The van der Waals surface area contributed by atoms with Crippen LogP contribution in [0.4, 0.5) is 5.13 Å². The van der Waals surface area contributed by atoms with Crippen molar-refractivity contribution in [1.29, 1.82) is 0 Å². The number of nitrogens with zero attached hydrogens (tertiary/aromatic N) is 1. The highest BCUT2D eigenvalue weighted by Gasteiger charge is 2.10. The molecule has 15 heavy (non-hydrogen) atoms. The van der Waals surface area contributed by atoms with Crippen LogP contribution in [0.2, 0.25) is 0 Å². The number of aromatic nitrogens is 1. The Kier molecular flexibility index (Phi) is 2.70. The predicted octanol–water partition coefficient (Wildman–Crippen LogP) is 2.61. The summed E-state index contributed by atoms with van der Waals surface area (Å²) >= 11 is 2.89. The molecule has 0 saturated heterocycles. The molecular weight excluding hydrogens is 232 g/mol. The van der Waals surface area contributed by atoms with Gasteiger partial charge in [-0.25, -0.2) is 9.78 Å². The maximum Gasteiger partial charge on any atom is 0.336 e. The van der Waals surface area contributed by atoms with Gasteiger partial charge >= 0.3 is 5.97 Å². The topological polar surface area (TPSA) is 62.2 Å². The molecule has 0 aliphatic rings. The van der Waals surface area contributed by atoms with Gasteiger partial charge in [-0.3, -0.25) is 0 Å². The number of carbonyl (C=O) groups is 1. The Morgan fingerprint density at radius 1 is 1.47 bits per heavy atom. The minimum atomic E-state index is -0.901. The van der Waals surface area contributed by atoms with E-state index < -0.39 is 5.97 Å². The first kappa shape index (κ1) is 10.1. The fourth-order valence-corrected chi connectivity index (χ4v) is 2.67. The van der Waals surface area contributed by atoms with Crippen molar-refractivity contribution in [3.8, 4) is 10.6 Å². The first-order chi connectivity index (χ1) is 7.20. The number of rotatable bonds is 3. The van der Waals surface area contributed by atoms with Crippen LogP contribution in [0.25, 0.3) is 10.6 Å². The van der Waals surface area contributed by atoms with Crippen molar-refractivity contribution in [1.82, 2.24) is 4.98 Å². The summed E-state index contributed by atoms with van der Waals surface area (Å²) in [6, 6.07) is 1.64. The van der Waals surface area contributed by atoms with Crippen LogP contribution in [0.3, 0.4) is 0 Å². The second-order valence-corrected chi connectivity index (χ2v) is 4.56. The Balaban J connectivity index is 2.32. The second-order valence-electron chi connectivity index (χ2n) is 2.79. The maximum absolute atomic E-state index is 10.7. The van der Waals surface area contributed by atoms with Crippen molar-refractivity contribution in [3.05, 3.63) is 22.4 Å². The van der Waals surface area contributed by atoms with E-state index in [1.807, 2.05) is 5.38 Å². The van der Waals surface area contributed by atoms with Crippen molar-refractivity contribution in [3.63, 3.8) is 0 Å². The van der Waals surface area contributed by atoms with Crippen LogP contribution >= 0.6 is 22.7 Å². The number of carboxylic acids is 1. The summed E-state index contributed by atoms with van der Waals surface area (Å²) in [6.45, 7) is 0. The molecular formula is C9H8N2O2S2. The summed E-state index contributed by atoms with van der Waals surface area (Å²) in [5, 5.41) is 16.1. The highest BCUT2D eigenvalue weighted by atomic mass is 32.1. The van der Waals surface area contributed by atoms with Gasteiger partial charge in [-0.15, -0.1) is 22.7 Å². The van der Waals surface area contributed by atoms with Crippen molar-refractivity contribution in [2.24, 2.45) is 0 Å². The molecule has 2 aromatic rings. The molecule has 4 nitrogen and oxygen atoms in total.